The summed E-state index contributed by atoms with van der Waals surface area (Å²) in [6.07, 6.45) is 2.91. The number of anilines is 1. The first-order chi connectivity index (χ1) is 14.5. The summed E-state index contributed by atoms with van der Waals surface area (Å²) in [5.41, 5.74) is 3.07. The first kappa shape index (κ1) is 21.7. The zero-order chi connectivity index (χ0) is 21.7. The van der Waals surface area contributed by atoms with Crippen LogP contribution in [0.4, 0.5) is 5.69 Å². The number of hydrogen-bond donors (Lipinski definition) is 1. The number of furan rings is 1. The Balaban J connectivity index is 1.87. The molecule has 0 atom stereocenters. The summed E-state index contributed by atoms with van der Waals surface area (Å²) < 4.78 is 5.95. The molecular formula is C24H31N3O3. The predicted octanol–water partition coefficient (Wildman–Crippen LogP) is 4.46. The maximum atomic E-state index is 12.9. The fourth-order valence-electron chi connectivity index (χ4n) is 3.79. The van der Waals surface area contributed by atoms with Crippen LogP contribution in [0.15, 0.2) is 41.3 Å². The average molecular weight is 410 g/mol. The standard InChI is InChI=1S/C24H31N3O3/c1-5-7-15-26(14-6-2)24(29)21-12-11-20(30-21)18(4)27-16-13-25-23(28)19-10-8-9-17(3)22(19)27/h8-12H,4-7,13-16H2,1-3H3,(H,25,28). The van der Waals surface area contributed by atoms with E-state index in [1.165, 1.54) is 0 Å². The van der Waals surface area contributed by atoms with E-state index in [0.717, 1.165) is 37.1 Å². The van der Waals surface area contributed by atoms with Gasteiger partial charge in [-0.05, 0) is 43.5 Å². The number of nitrogens with one attached hydrogen (secondary N) is 1. The van der Waals surface area contributed by atoms with Crippen LogP contribution in [0.3, 0.4) is 0 Å². The van der Waals surface area contributed by atoms with E-state index in [2.05, 4.69) is 25.7 Å². The average Bonchev–Trinajstić information content (AvgIpc) is 3.17. The van der Waals surface area contributed by atoms with Gasteiger partial charge >= 0.3 is 0 Å². The van der Waals surface area contributed by atoms with Crippen molar-refractivity contribution in [2.24, 2.45) is 0 Å². The number of amides is 2. The Hall–Kier alpha value is -3.02. The largest absolute Gasteiger partial charge is 0.449 e. The number of carbonyl (C=O) groups is 2. The Kier molecular flexibility index (Phi) is 6.98. The van der Waals surface area contributed by atoms with E-state index in [9.17, 15) is 9.59 Å². The summed E-state index contributed by atoms with van der Waals surface area (Å²) >= 11 is 0. The maximum Gasteiger partial charge on any atom is 0.289 e. The number of benzene rings is 1. The zero-order valence-electron chi connectivity index (χ0n) is 18.2. The summed E-state index contributed by atoms with van der Waals surface area (Å²) in [4.78, 5) is 29.2. The van der Waals surface area contributed by atoms with Crippen molar-refractivity contribution in [3.8, 4) is 0 Å². The summed E-state index contributed by atoms with van der Waals surface area (Å²) in [7, 11) is 0. The molecule has 1 aromatic heterocycles. The molecule has 6 nitrogen and oxygen atoms in total. The molecule has 1 aromatic carbocycles. The Morgan fingerprint density at radius 1 is 1.17 bits per heavy atom. The number of hydrogen-bond acceptors (Lipinski definition) is 4. The third-order valence-electron chi connectivity index (χ3n) is 5.36. The second-order valence-corrected chi connectivity index (χ2v) is 7.63. The molecule has 0 saturated heterocycles. The molecule has 160 valence electrons. The number of fused-ring (bicyclic) bond motifs is 1. The van der Waals surface area contributed by atoms with Gasteiger partial charge < -0.3 is 19.5 Å². The number of rotatable bonds is 8. The van der Waals surface area contributed by atoms with Crippen LogP contribution in [0.25, 0.3) is 5.70 Å². The lowest BCUT2D eigenvalue weighted by Crippen LogP contribution is -2.32. The molecule has 2 heterocycles. The van der Waals surface area contributed by atoms with Gasteiger partial charge in [-0.25, -0.2) is 0 Å². The first-order valence-corrected chi connectivity index (χ1v) is 10.7. The Bertz CT molecular complexity index is 932. The van der Waals surface area contributed by atoms with Crippen molar-refractivity contribution in [2.75, 3.05) is 31.1 Å². The highest BCUT2D eigenvalue weighted by molar-refractivity contribution is 6.03. The van der Waals surface area contributed by atoms with Crippen molar-refractivity contribution in [3.05, 3.63) is 59.6 Å². The molecular weight excluding hydrogens is 378 g/mol. The van der Waals surface area contributed by atoms with Gasteiger partial charge in [0, 0.05) is 26.2 Å². The van der Waals surface area contributed by atoms with E-state index in [0.29, 0.717) is 42.4 Å². The van der Waals surface area contributed by atoms with Crippen LogP contribution in [-0.2, 0) is 0 Å². The van der Waals surface area contributed by atoms with Crippen molar-refractivity contribution in [1.82, 2.24) is 10.2 Å². The van der Waals surface area contributed by atoms with Crippen LogP contribution in [-0.4, -0.2) is 42.9 Å². The van der Waals surface area contributed by atoms with Crippen LogP contribution >= 0.6 is 0 Å². The SMILES string of the molecule is C=C(c1ccc(C(=O)N(CCC)CCCC)o1)N1CCNC(=O)c2cccc(C)c21. The lowest BCUT2D eigenvalue weighted by atomic mass is 10.1. The van der Waals surface area contributed by atoms with Gasteiger partial charge in [-0.2, -0.15) is 0 Å². The Morgan fingerprint density at radius 2 is 1.93 bits per heavy atom. The second-order valence-electron chi connectivity index (χ2n) is 7.63. The number of unbranched alkanes of at least 4 members (excludes halogenated alkanes) is 1. The fourth-order valence-corrected chi connectivity index (χ4v) is 3.79. The highest BCUT2D eigenvalue weighted by atomic mass is 16.4. The molecule has 1 aliphatic rings. The summed E-state index contributed by atoms with van der Waals surface area (Å²) in [5, 5.41) is 2.92. The molecule has 0 aliphatic carbocycles. The molecule has 0 saturated carbocycles. The molecule has 6 heteroatoms. The molecule has 0 radical (unpaired) electrons. The number of carbonyl (C=O) groups excluding carboxylic acids is 2. The van der Waals surface area contributed by atoms with Crippen molar-refractivity contribution >= 4 is 23.2 Å². The molecule has 2 amide bonds. The highest BCUT2D eigenvalue weighted by Gasteiger charge is 2.26. The lowest BCUT2D eigenvalue weighted by molar-refractivity contribution is 0.0720. The third kappa shape index (κ3) is 4.42. The minimum Gasteiger partial charge on any atom is -0.449 e. The van der Waals surface area contributed by atoms with Gasteiger partial charge in [0.25, 0.3) is 11.8 Å². The van der Waals surface area contributed by atoms with Gasteiger partial charge in [0.1, 0.15) is 0 Å². The second kappa shape index (κ2) is 9.65. The molecule has 0 unspecified atom stereocenters. The van der Waals surface area contributed by atoms with Crippen molar-refractivity contribution < 1.29 is 14.0 Å². The van der Waals surface area contributed by atoms with E-state index in [1.54, 1.807) is 12.1 Å². The van der Waals surface area contributed by atoms with Crippen LogP contribution < -0.4 is 10.2 Å². The topological polar surface area (TPSA) is 65.8 Å². The van der Waals surface area contributed by atoms with E-state index < -0.39 is 0 Å². The molecule has 0 spiro atoms. The van der Waals surface area contributed by atoms with Gasteiger partial charge in [0.2, 0.25) is 0 Å². The smallest absolute Gasteiger partial charge is 0.289 e. The van der Waals surface area contributed by atoms with Crippen LogP contribution in [0, 0.1) is 6.92 Å². The van der Waals surface area contributed by atoms with Gasteiger partial charge in [-0.15, -0.1) is 0 Å². The van der Waals surface area contributed by atoms with Gasteiger partial charge in [-0.3, -0.25) is 9.59 Å². The van der Waals surface area contributed by atoms with Crippen LogP contribution in [0.1, 0.15) is 65.3 Å². The van der Waals surface area contributed by atoms with Gasteiger partial charge in [0.15, 0.2) is 11.5 Å². The molecule has 1 aliphatic heterocycles. The van der Waals surface area contributed by atoms with Gasteiger partial charge in [-0.1, -0.05) is 39.0 Å². The normalized spacial score (nSPS) is 13.4. The summed E-state index contributed by atoms with van der Waals surface area (Å²) in [6.45, 7) is 12.9. The van der Waals surface area contributed by atoms with E-state index in [4.69, 9.17) is 4.42 Å². The van der Waals surface area contributed by atoms with E-state index in [1.807, 2.05) is 34.9 Å². The minimum absolute atomic E-state index is 0.0892. The number of para-hydroxylation sites is 1. The third-order valence-corrected chi connectivity index (χ3v) is 5.36. The molecule has 0 fully saturated rings. The molecule has 2 aromatic rings. The molecule has 30 heavy (non-hydrogen) atoms. The molecule has 0 bridgehead atoms. The fraction of sp³-hybridized carbons (Fsp3) is 0.417. The maximum absolute atomic E-state index is 12.9. The van der Waals surface area contributed by atoms with Crippen molar-refractivity contribution in [2.45, 2.75) is 40.0 Å². The van der Waals surface area contributed by atoms with Crippen LogP contribution in [0.5, 0.6) is 0 Å². The van der Waals surface area contributed by atoms with Crippen LogP contribution in [0.2, 0.25) is 0 Å². The van der Waals surface area contributed by atoms with E-state index >= 15 is 0 Å². The Morgan fingerprint density at radius 3 is 2.67 bits per heavy atom. The van der Waals surface area contributed by atoms with E-state index in [-0.39, 0.29) is 11.8 Å². The summed E-state index contributed by atoms with van der Waals surface area (Å²) in [6, 6.07) is 9.18. The summed E-state index contributed by atoms with van der Waals surface area (Å²) in [5.74, 6) is 0.678. The molecule has 3 rings (SSSR count). The quantitative estimate of drug-likeness (QED) is 0.699. The lowest BCUT2D eigenvalue weighted by Gasteiger charge is -2.26. The predicted molar refractivity (Wildman–Crippen MR) is 120 cm³/mol. The monoisotopic (exact) mass is 409 g/mol. The van der Waals surface area contributed by atoms with Crippen molar-refractivity contribution in [1.29, 1.82) is 0 Å². The van der Waals surface area contributed by atoms with Crippen molar-refractivity contribution in [3.63, 3.8) is 0 Å². The molecule has 1 N–H and O–H groups in total. The zero-order valence-corrected chi connectivity index (χ0v) is 18.2. The number of nitrogens with zero attached hydrogens (tertiary/aromatic N) is 2. The number of aryl methyl sites for hydroxylation is 1. The first-order valence-electron chi connectivity index (χ1n) is 10.7. The minimum atomic E-state index is -0.0922. The Labute approximate surface area is 178 Å². The highest BCUT2D eigenvalue weighted by Crippen LogP contribution is 2.33. The van der Waals surface area contributed by atoms with Gasteiger partial charge in [0.05, 0.1) is 16.9 Å².